The van der Waals surface area contributed by atoms with Crippen LogP contribution in [0.4, 0.5) is 0 Å². The average molecular weight is 184 g/mol. The van der Waals surface area contributed by atoms with E-state index >= 15 is 0 Å². The molecule has 13 heavy (non-hydrogen) atoms. The van der Waals surface area contributed by atoms with Crippen LogP contribution in [0.5, 0.6) is 0 Å². The molecule has 1 atom stereocenters. The first-order valence-corrected chi connectivity index (χ1v) is 5.34. The SMILES string of the molecule is CCOC[C@H]1CN(N)CC12CCC2. The highest BCUT2D eigenvalue weighted by Gasteiger charge is 2.49. The Hall–Kier alpha value is -0.120. The van der Waals surface area contributed by atoms with Gasteiger partial charge < -0.3 is 4.74 Å². The van der Waals surface area contributed by atoms with Gasteiger partial charge in [0.05, 0.1) is 6.61 Å². The Morgan fingerprint density at radius 1 is 1.54 bits per heavy atom. The second-order valence-corrected chi connectivity index (χ2v) is 4.50. The normalized spacial score (nSPS) is 32.3. The molecule has 0 aromatic heterocycles. The highest BCUT2D eigenvalue weighted by Crippen LogP contribution is 2.50. The van der Waals surface area contributed by atoms with E-state index in [4.69, 9.17) is 10.6 Å². The molecule has 1 aliphatic carbocycles. The summed E-state index contributed by atoms with van der Waals surface area (Å²) in [4.78, 5) is 0. The molecule has 2 rings (SSSR count). The van der Waals surface area contributed by atoms with Crippen molar-refractivity contribution in [3.8, 4) is 0 Å². The minimum atomic E-state index is 0.532. The summed E-state index contributed by atoms with van der Waals surface area (Å²) in [6, 6.07) is 0. The highest BCUT2D eigenvalue weighted by molar-refractivity contribution is 5.00. The van der Waals surface area contributed by atoms with Crippen molar-refractivity contribution in [2.24, 2.45) is 17.2 Å². The van der Waals surface area contributed by atoms with Gasteiger partial charge in [-0.25, -0.2) is 5.01 Å². The van der Waals surface area contributed by atoms with Crippen LogP contribution < -0.4 is 5.84 Å². The summed E-state index contributed by atoms with van der Waals surface area (Å²) in [5.74, 6) is 6.55. The van der Waals surface area contributed by atoms with Crippen LogP contribution in [0.3, 0.4) is 0 Å². The smallest absolute Gasteiger partial charge is 0.0512 e. The molecular weight excluding hydrogens is 164 g/mol. The molecule has 0 radical (unpaired) electrons. The van der Waals surface area contributed by atoms with Crippen molar-refractivity contribution in [1.29, 1.82) is 0 Å². The molecule has 1 saturated carbocycles. The van der Waals surface area contributed by atoms with Gasteiger partial charge in [-0.3, -0.25) is 5.84 Å². The molecule has 0 amide bonds. The van der Waals surface area contributed by atoms with E-state index in [2.05, 4.69) is 6.92 Å². The van der Waals surface area contributed by atoms with Crippen LogP contribution in [-0.2, 0) is 4.74 Å². The molecule has 1 aliphatic heterocycles. The lowest BCUT2D eigenvalue weighted by atomic mass is 9.63. The number of hydrogen-bond acceptors (Lipinski definition) is 3. The molecule has 0 bridgehead atoms. The third-order valence-electron chi connectivity index (χ3n) is 3.71. The quantitative estimate of drug-likeness (QED) is 0.665. The van der Waals surface area contributed by atoms with Crippen molar-refractivity contribution < 1.29 is 4.74 Å². The number of hydrazine groups is 1. The van der Waals surface area contributed by atoms with E-state index in [1.54, 1.807) is 0 Å². The Kier molecular flexibility index (Phi) is 2.58. The maximum Gasteiger partial charge on any atom is 0.0512 e. The van der Waals surface area contributed by atoms with Crippen molar-refractivity contribution in [3.05, 3.63) is 0 Å². The Morgan fingerprint density at radius 3 is 2.85 bits per heavy atom. The van der Waals surface area contributed by atoms with Gasteiger partial charge in [0.1, 0.15) is 0 Å². The Balaban J connectivity index is 1.92. The number of nitrogens with zero attached hydrogens (tertiary/aromatic N) is 1. The van der Waals surface area contributed by atoms with E-state index < -0.39 is 0 Å². The Morgan fingerprint density at radius 2 is 2.31 bits per heavy atom. The maximum absolute atomic E-state index is 5.86. The van der Waals surface area contributed by atoms with E-state index in [0.29, 0.717) is 11.3 Å². The second kappa shape index (κ2) is 3.56. The zero-order valence-corrected chi connectivity index (χ0v) is 8.46. The summed E-state index contributed by atoms with van der Waals surface area (Å²) >= 11 is 0. The molecular formula is C10H20N2O. The molecule has 2 N–H and O–H groups in total. The first kappa shape index (κ1) is 9.44. The molecule has 3 heteroatoms. The fourth-order valence-corrected chi connectivity index (χ4v) is 2.76. The maximum atomic E-state index is 5.86. The number of ether oxygens (including phenoxy) is 1. The minimum absolute atomic E-state index is 0.532. The predicted molar refractivity (Wildman–Crippen MR) is 52.0 cm³/mol. The largest absolute Gasteiger partial charge is 0.381 e. The fraction of sp³-hybridized carbons (Fsp3) is 1.00. The van der Waals surface area contributed by atoms with Crippen molar-refractivity contribution in [2.45, 2.75) is 26.2 Å². The zero-order valence-electron chi connectivity index (χ0n) is 8.46. The molecule has 0 unspecified atom stereocenters. The van der Waals surface area contributed by atoms with E-state index in [0.717, 1.165) is 26.3 Å². The van der Waals surface area contributed by atoms with Crippen molar-refractivity contribution in [2.75, 3.05) is 26.3 Å². The van der Waals surface area contributed by atoms with Crippen LogP contribution in [0.15, 0.2) is 0 Å². The van der Waals surface area contributed by atoms with Crippen LogP contribution in [0.25, 0.3) is 0 Å². The molecule has 0 aromatic carbocycles. The van der Waals surface area contributed by atoms with Gasteiger partial charge in [0, 0.05) is 25.6 Å². The molecule has 0 aromatic rings. The van der Waals surface area contributed by atoms with Crippen molar-refractivity contribution >= 4 is 0 Å². The minimum Gasteiger partial charge on any atom is -0.381 e. The Labute approximate surface area is 80.2 Å². The lowest BCUT2D eigenvalue weighted by Crippen LogP contribution is -2.39. The molecule has 2 aliphatic rings. The van der Waals surface area contributed by atoms with Crippen LogP contribution in [0.2, 0.25) is 0 Å². The van der Waals surface area contributed by atoms with Crippen LogP contribution >= 0.6 is 0 Å². The molecule has 1 saturated heterocycles. The first-order valence-electron chi connectivity index (χ1n) is 5.34. The van der Waals surface area contributed by atoms with Gasteiger partial charge >= 0.3 is 0 Å². The molecule has 1 spiro atoms. The highest BCUT2D eigenvalue weighted by atomic mass is 16.5. The second-order valence-electron chi connectivity index (χ2n) is 4.50. The van der Waals surface area contributed by atoms with Crippen LogP contribution in [-0.4, -0.2) is 31.3 Å². The van der Waals surface area contributed by atoms with Gasteiger partial charge in [-0.15, -0.1) is 0 Å². The van der Waals surface area contributed by atoms with Crippen molar-refractivity contribution in [1.82, 2.24) is 5.01 Å². The van der Waals surface area contributed by atoms with Gasteiger partial charge in [0.2, 0.25) is 0 Å². The summed E-state index contributed by atoms with van der Waals surface area (Å²) < 4.78 is 5.51. The Bertz CT molecular complexity index is 180. The third kappa shape index (κ3) is 1.60. The fourth-order valence-electron chi connectivity index (χ4n) is 2.76. The van der Waals surface area contributed by atoms with Crippen LogP contribution in [0, 0.1) is 11.3 Å². The first-order chi connectivity index (χ1) is 6.27. The van der Waals surface area contributed by atoms with Gasteiger partial charge in [0.15, 0.2) is 0 Å². The van der Waals surface area contributed by atoms with E-state index in [9.17, 15) is 0 Å². The molecule has 1 heterocycles. The standard InChI is InChI=1S/C10H20N2O/c1-2-13-7-9-6-12(11)8-10(9)4-3-5-10/h9H,2-8,11H2,1H3/t9-/m1/s1. The number of nitrogens with two attached hydrogens (primary N) is 1. The summed E-state index contributed by atoms with van der Waals surface area (Å²) in [7, 11) is 0. The third-order valence-corrected chi connectivity index (χ3v) is 3.71. The van der Waals surface area contributed by atoms with E-state index in [1.165, 1.54) is 19.3 Å². The van der Waals surface area contributed by atoms with E-state index in [-0.39, 0.29) is 0 Å². The predicted octanol–water partition coefficient (Wildman–Crippen LogP) is 0.999. The van der Waals surface area contributed by atoms with Gasteiger partial charge in [-0.2, -0.15) is 0 Å². The number of rotatable bonds is 3. The average Bonchev–Trinajstić information content (AvgIpc) is 2.38. The summed E-state index contributed by atoms with van der Waals surface area (Å²) in [6.45, 7) is 5.91. The molecule has 3 nitrogen and oxygen atoms in total. The summed E-state index contributed by atoms with van der Waals surface area (Å²) in [6.07, 6.45) is 4.10. The molecule has 2 fully saturated rings. The van der Waals surface area contributed by atoms with Crippen molar-refractivity contribution in [3.63, 3.8) is 0 Å². The monoisotopic (exact) mass is 184 g/mol. The zero-order chi connectivity index (χ0) is 9.31. The number of hydrogen-bond donors (Lipinski definition) is 1. The van der Waals surface area contributed by atoms with Gasteiger partial charge in [0.25, 0.3) is 0 Å². The van der Waals surface area contributed by atoms with Gasteiger partial charge in [-0.05, 0) is 25.2 Å². The topological polar surface area (TPSA) is 38.5 Å². The van der Waals surface area contributed by atoms with Crippen LogP contribution in [0.1, 0.15) is 26.2 Å². The van der Waals surface area contributed by atoms with E-state index in [1.807, 2.05) is 5.01 Å². The lowest BCUT2D eigenvalue weighted by molar-refractivity contribution is 0.0223. The summed E-state index contributed by atoms with van der Waals surface area (Å²) in [5, 5.41) is 1.98. The van der Waals surface area contributed by atoms with Gasteiger partial charge in [-0.1, -0.05) is 6.42 Å². The lowest BCUT2D eigenvalue weighted by Gasteiger charge is -2.42. The molecule has 76 valence electrons. The summed E-state index contributed by atoms with van der Waals surface area (Å²) in [5.41, 5.74) is 0.532.